The van der Waals surface area contributed by atoms with Gasteiger partial charge in [-0.25, -0.2) is 9.78 Å². The number of carbonyl (C=O) groups is 1. The maximum atomic E-state index is 11.1. The third-order valence-electron chi connectivity index (χ3n) is 5.63. The summed E-state index contributed by atoms with van der Waals surface area (Å²) in [7, 11) is 2.06. The van der Waals surface area contributed by atoms with Crippen LogP contribution in [0.25, 0.3) is 44.0 Å². The van der Waals surface area contributed by atoms with Crippen molar-refractivity contribution in [2.24, 2.45) is 7.05 Å². The summed E-state index contributed by atoms with van der Waals surface area (Å²) in [5.74, 6) is 1.15. The van der Waals surface area contributed by atoms with Gasteiger partial charge in [-0.3, -0.25) is 0 Å². The van der Waals surface area contributed by atoms with Gasteiger partial charge in [-0.15, -0.1) is 0 Å². The number of rotatable bonds is 6. The van der Waals surface area contributed by atoms with Crippen molar-refractivity contribution < 1.29 is 14.3 Å². The number of aromatic nitrogens is 2. The first-order valence-electron chi connectivity index (χ1n) is 10.5. The molecular weight excluding hydrogens is 400 g/mol. The Balaban J connectivity index is 1.52. The van der Waals surface area contributed by atoms with Gasteiger partial charge in [0.1, 0.15) is 24.8 Å². The third kappa shape index (κ3) is 3.38. The zero-order chi connectivity index (χ0) is 22.1. The number of aryl methyl sites for hydroxylation is 1. The van der Waals surface area contributed by atoms with Gasteiger partial charge in [0.25, 0.3) is 0 Å². The molecule has 0 bridgehead atoms. The van der Waals surface area contributed by atoms with Gasteiger partial charge in [-0.2, -0.15) is 0 Å². The molecule has 32 heavy (non-hydrogen) atoms. The summed E-state index contributed by atoms with van der Waals surface area (Å²) in [6, 6.07) is 24.7. The molecule has 0 aliphatic rings. The minimum atomic E-state index is -0.453. The Morgan fingerprint density at radius 1 is 0.906 bits per heavy atom. The van der Waals surface area contributed by atoms with Gasteiger partial charge in [0, 0.05) is 29.5 Å². The van der Waals surface area contributed by atoms with Gasteiger partial charge in [0.05, 0.1) is 11.0 Å². The van der Waals surface area contributed by atoms with Crippen LogP contribution in [-0.2, 0) is 16.6 Å². The van der Waals surface area contributed by atoms with Crippen molar-refractivity contribution in [3.8, 4) is 17.1 Å². The lowest BCUT2D eigenvalue weighted by Gasteiger charge is -2.09. The molecule has 0 atom stereocenters. The SMILES string of the molecule is C=CC(=O)OCCOc1ccc(-c2nc3c4ccccc4c4ccccc4c3n2C)cc1. The molecule has 0 unspecified atom stereocenters. The Bertz CT molecular complexity index is 1470. The molecule has 0 aliphatic heterocycles. The van der Waals surface area contributed by atoms with E-state index < -0.39 is 5.97 Å². The van der Waals surface area contributed by atoms with E-state index in [-0.39, 0.29) is 13.2 Å². The molecule has 0 radical (unpaired) electrons. The van der Waals surface area contributed by atoms with Gasteiger partial charge in [0.15, 0.2) is 0 Å². The Hall–Kier alpha value is -4.12. The highest BCUT2D eigenvalue weighted by Gasteiger charge is 2.16. The Kier molecular flexibility index (Phi) is 5.07. The molecular formula is C27H22N2O3. The number of hydrogen-bond donors (Lipinski definition) is 0. The molecule has 0 N–H and O–H groups in total. The fourth-order valence-electron chi connectivity index (χ4n) is 4.16. The van der Waals surface area contributed by atoms with E-state index in [2.05, 4.69) is 66.7 Å². The van der Waals surface area contributed by atoms with Crippen molar-refractivity contribution in [2.75, 3.05) is 13.2 Å². The van der Waals surface area contributed by atoms with E-state index in [1.165, 1.54) is 16.2 Å². The maximum absolute atomic E-state index is 11.1. The Morgan fingerprint density at radius 2 is 1.53 bits per heavy atom. The summed E-state index contributed by atoms with van der Waals surface area (Å²) < 4.78 is 12.7. The lowest BCUT2D eigenvalue weighted by Crippen LogP contribution is -2.10. The first kappa shape index (κ1) is 19.8. The van der Waals surface area contributed by atoms with Crippen LogP contribution in [0.5, 0.6) is 5.75 Å². The summed E-state index contributed by atoms with van der Waals surface area (Å²) in [6.45, 7) is 3.83. The van der Waals surface area contributed by atoms with E-state index in [1.54, 1.807) is 0 Å². The van der Waals surface area contributed by atoms with Crippen LogP contribution in [0.3, 0.4) is 0 Å². The largest absolute Gasteiger partial charge is 0.490 e. The van der Waals surface area contributed by atoms with Crippen LogP contribution in [0.15, 0.2) is 85.5 Å². The molecule has 0 aliphatic carbocycles. The molecule has 1 heterocycles. The molecule has 0 saturated heterocycles. The van der Waals surface area contributed by atoms with E-state index in [1.807, 2.05) is 24.3 Å². The first-order chi connectivity index (χ1) is 15.7. The van der Waals surface area contributed by atoms with Crippen LogP contribution in [-0.4, -0.2) is 28.7 Å². The van der Waals surface area contributed by atoms with Crippen LogP contribution in [0.4, 0.5) is 0 Å². The van der Waals surface area contributed by atoms with Gasteiger partial charge in [-0.1, -0.05) is 55.1 Å². The lowest BCUT2D eigenvalue weighted by molar-refractivity contribution is -0.138. The number of nitrogens with zero attached hydrogens (tertiary/aromatic N) is 2. The predicted molar refractivity (Wildman–Crippen MR) is 128 cm³/mol. The van der Waals surface area contributed by atoms with Crippen LogP contribution < -0.4 is 4.74 Å². The predicted octanol–water partition coefficient (Wildman–Crippen LogP) is 5.65. The zero-order valence-electron chi connectivity index (χ0n) is 17.7. The van der Waals surface area contributed by atoms with Crippen molar-refractivity contribution in [1.29, 1.82) is 0 Å². The van der Waals surface area contributed by atoms with Crippen molar-refractivity contribution in [2.45, 2.75) is 0 Å². The average Bonchev–Trinajstić information content (AvgIpc) is 3.20. The van der Waals surface area contributed by atoms with Gasteiger partial charge in [-0.05, 0) is 35.0 Å². The molecule has 0 amide bonds. The Labute approximate surface area is 185 Å². The lowest BCUT2D eigenvalue weighted by atomic mass is 10.00. The van der Waals surface area contributed by atoms with Crippen LogP contribution >= 0.6 is 0 Å². The van der Waals surface area contributed by atoms with Crippen molar-refractivity contribution in [1.82, 2.24) is 9.55 Å². The van der Waals surface area contributed by atoms with Crippen molar-refractivity contribution in [3.63, 3.8) is 0 Å². The molecule has 5 heteroatoms. The van der Waals surface area contributed by atoms with Gasteiger partial charge >= 0.3 is 5.97 Å². The van der Waals surface area contributed by atoms with Crippen LogP contribution in [0.2, 0.25) is 0 Å². The average molecular weight is 422 g/mol. The van der Waals surface area contributed by atoms with E-state index in [0.717, 1.165) is 33.9 Å². The second-order valence-electron chi connectivity index (χ2n) is 7.53. The number of fused-ring (bicyclic) bond motifs is 6. The standard InChI is InChI=1S/C27H22N2O3/c1-3-24(30)32-17-16-31-19-14-12-18(13-15-19)27-28-25-22-10-6-4-8-20(22)21-9-5-7-11-23(21)26(25)29(27)2/h3-15H,1,16-17H2,2H3. The summed E-state index contributed by atoms with van der Waals surface area (Å²) in [6.07, 6.45) is 1.14. The van der Waals surface area contributed by atoms with Crippen LogP contribution in [0, 0.1) is 0 Å². The number of carbonyl (C=O) groups excluding carboxylic acids is 1. The highest BCUT2D eigenvalue weighted by molar-refractivity contribution is 6.23. The van der Waals surface area contributed by atoms with E-state index in [9.17, 15) is 4.79 Å². The fraction of sp³-hybridized carbons (Fsp3) is 0.111. The molecule has 5 aromatic rings. The monoisotopic (exact) mass is 422 g/mol. The number of ether oxygens (including phenoxy) is 2. The summed E-state index contributed by atoms with van der Waals surface area (Å²) in [5.41, 5.74) is 3.13. The first-order valence-corrected chi connectivity index (χ1v) is 10.5. The molecule has 0 saturated carbocycles. The number of benzene rings is 4. The second-order valence-corrected chi connectivity index (χ2v) is 7.53. The number of hydrogen-bond acceptors (Lipinski definition) is 4. The quantitative estimate of drug-likeness (QED) is 0.153. The van der Waals surface area contributed by atoms with E-state index >= 15 is 0 Å². The topological polar surface area (TPSA) is 53.4 Å². The Morgan fingerprint density at radius 3 is 2.22 bits per heavy atom. The molecule has 0 fully saturated rings. The van der Waals surface area contributed by atoms with Crippen molar-refractivity contribution >= 4 is 38.5 Å². The van der Waals surface area contributed by atoms with E-state index in [4.69, 9.17) is 14.5 Å². The normalized spacial score (nSPS) is 11.2. The minimum Gasteiger partial charge on any atom is -0.490 e. The van der Waals surface area contributed by atoms with Crippen molar-refractivity contribution in [3.05, 3.63) is 85.5 Å². The van der Waals surface area contributed by atoms with E-state index in [0.29, 0.717) is 5.75 Å². The molecule has 5 nitrogen and oxygen atoms in total. The van der Waals surface area contributed by atoms with Crippen LogP contribution in [0.1, 0.15) is 0 Å². The molecule has 1 aromatic heterocycles. The zero-order valence-corrected chi connectivity index (χ0v) is 17.7. The fourth-order valence-corrected chi connectivity index (χ4v) is 4.16. The second kappa shape index (κ2) is 8.19. The molecule has 4 aromatic carbocycles. The highest BCUT2D eigenvalue weighted by atomic mass is 16.6. The summed E-state index contributed by atoms with van der Waals surface area (Å²) in [4.78, 5) is 16.1. The van der Waals surface area contributed by atoms with Gasteiger partial charge in [0.2, 0.25) is 0 Å². The third-order valence-corrected chi connectivity index (χ3v) is 5.63. The maximum Gasteiger partial charge on any atom is 0.330 e. The number of imidazole rings is 1. The minimum absolute atomic E-state index is 0.178. The summed E-state index contributed by atoms with van der Waals surface area (Å²) >= 11 is 0. The molecule has 0 spiro atoms. The molecule has 5 rings (SSSR count). The summed E-state index contributed by atoms with van der Waals surface area (Å²) in [5, 5.41) is 4.78. The highest BCUT2D eigenvalue weighted by Crippen LogP contribution is 2.36. The van der Waals surface area contributed by atoms with Gasteiger partial charge < -0.3 is 14.0 Å². The molecule has 158 valence electrons. The smallest absolute Gasteiger partial charge is 0.330 e. The number of esters is 1.